The number of piperidine rings is 1. The number of Topliss-reactive ketones (excluding diaryl/α,β-unsaturated/α-hetero) is 1. The van der Waals surface area contributed by atoms with E-state index in [0.29, 0.717) is 19.5 Å². The molecule has 0 bridgehead atoms. The van der Waals surface area contributed by atoms with E-state index in [0.717, 1.165) is 38.8 Å². The summed E-state index contributed by atoms with van der Waals surface area (Å²) in [4.78, 5) is 40.5. The zero-order valence-corrected chi connectivity index (χ0v) is 15.6. The Bertz CT molecular complexity index is 673. The van der Waals surface area contributed by atoms with Crippen LogP contribution in [0.25, 0.3) is 0 Å². The molecule has 2 aliphatic heterocycles. The molecule has 2 aliphatic rings. The van der Waals surface area contributed by atoms with Gasteiger partial charge in [-0.3, -0.25) is 14.4 Å². The van der Waals surface area contributed by atoms with Crippen molar-refractivity contribution in [3.05, 3.63) is 35.9 Å². The highest BCUT2D eigenvalue weighted by Gasteiger charge is 2.49. The highest BCUT2D eigenvalue weighted by molar-refractivity contribution is 6.36. The molecule has 2 amide bonds. The second-order valence-corrected chi connectivity index (χ2v) is 7.52. The molecule has 0 N–H and O–H groups in total. The first kappa shape index (κ1) is 18.6. The molecule has 1 atom stereocenters. The molecule has 5 nitrogen and oxygen atoms in total. The van der Waals surface area contributed by atoms with Gasteiger partial charge in [-0.25, -0.2) is 0 Å². The number of ketones is 1. The van der Waals surface area contributed by atoms with Gasteiger partial charge in [-0.05, 0) is 37.7 Å². The predicted octanol–water partition coefficient (Wildman–Crippen LogP) is 2.44. The molecule has 0 aromatic heterocycles. The van der Waals surface area contributed by atoms with Gasteiger partial charge in [-0.15, -0.1) is 0 Å². The van der Waals surface area contributed by atoms with Crippen LogP contribution in [0.1, 0.15) is 44.6 Å². The Labute approximate surface area is 155 Å². The lowest BCUT2D eigenvalue weighted by atomic mass is 9.78. The Kier molecular flexibility index (Phi) is 5.74. The molecule has 5 heteroatoms. The molecule has 0 radical (unpaired) electrons. The number of likely N-dealkylation sites (tertiary alicyclic amines) is 2. The Morgan fingerprint density at radius 2 is 1.88 bits per heavy atom. The number of benzene rings is 1. The Hall–Kier alpha value is -2.17. The first-order valence-corrected chi connectivity index (χ1v) is 9.71. The fraction of sp³-hybridized carbons (Fsp3) is 0.571. The zero-order chi connectivity index (χ0) is 18.6. The summed E-state index contributed by atoms with van der Waals surface area (Å²) in [6.45, 7) is 4.20. The van der Waals surface area contributed by atoms with E-state index in [1.165, 1.54) is 5.56 Å². The number of rotatable bonds is 6. The van der Waals surface area contributed by atoms with Crippen molar-refractivity contribution >= 4 is 17.6 Å². The summed E-state index contributed by atoms with van der Waals surface area (Å²) in [6, 6.07) is 10.3. The topological polar surface area (TPSA) is 57.7 Å². The van der Waals surface area contributed by atoms with Crippen LogP contribution in [-0.2, 0) is 20.8 Å². The number of carbonyl (C=O) groups excluding carboxylic acids is 3. The average Bonchev–Trinajstić information content (AvgIpc) is 3.10. The molecular formula is C21H28N2O3. The van der Waals surface area contributed by atoms with E-state index in [-0.39, 0.29) is 18.1 Å². The third kappa shape index (κ3) is 3.81. The molecule has 2 heterocycles. The maximum atomic E-state index is 13.1. The second-order valence-electron chi connectivity index (χ2n) is 7.52. The van der Waals surface area contributed by atoms with Gasteiger partial charge in [0.25, 0.3) is 5.91 Å². The van der Waals surface area contributed by atoms with E-state index in [4.69, 9.17) is 0 Å². The summed E-state index contributed by atoms with van der Waals surface area (Å²) in [5.41, 5.74) is 0.830. The Balaban J connectivity index is 1.57. The van der Waals surface area contributed by atoms with Crippen molar-refractivity contribution in [2.75, 3.05) is 26.2 Å². The van der Waals surface area contributed by atoms with E-state index < -0.39 is 11.3 Å². The van der Waals surface area contributed by atoms with Crippen LogP contribution in [0.4, 0.5) is 0 Å². The zero-order valence-electron chi connectivity index (χ0n) is 15.6. The van der Waals surface area contributed by atoms with Crippen molar-refractivity contribution in [2.24, 2.45) is 5.41 Å². The fourth-order valence-corrected chi connectivity index (χ4v) is 4.24. The molecule has 0 unspecified atom stereocenters. The lowest BCUT2D eigenvalue weighted by Gasteiger charge is -2.39. The van der Waals surface area contributed by atoms with Crippen molar-refractivity contribution in [1.29, 1.82) is 0 Å². The summed E-state index contributed by atoms with van der Waals surface area (Å²) in [5, 5.41) is 0. The molecule has 1 spiro atoms. The SMILES string of the molecule is CCC(=O)C(=O)N1CC[C@@]2(CCCN(CCCc3ccccc3)C2=O)C1. The quantitative estimate of drug-likeness (QED) is 0.736. The van der Waals surface area contributed by atoms with Crippen LogP contribution in [-0.4, -0.2) is 53.6 Å². The fourth-order valence-electron chi connectivity index (χ4n) is 4.24. The van der Waals surface area contributed by atoms with Gasteiger partial charge >= 0.3 is 0 Å². The first-order chi connectivity index (χ1) is 12.6. The number of amides is 2. The minimum Gasteiger partial charge on any atom is -0.342 e. The first-order valence-electron chi connectivity index (χ1n) is 9.71. The number of nitrogens with zero attached hydrogens (tertiary/aromatic N) is 2. The van der Waals surface area contributed by atoms with Crippen molar-refractivity contribution in [3.63, 3.8) is 0 Å². The Morgan fingerprint density at radius 1 is 1.12 bits per heavy atom. The highest BCUT2D eigenvalue weighted by atomic mass is 16.2. The van der Waals surface area contributed by atoms with Gasteiger partial charge in [0.05, 0.1) is 5.41 Å². The van der Waals surface area contributed by atoms with Crippen LogP contribution < -0.4 is 0 Å². The van der Waals surface area contributed by atoms with Crippen molar-refractivity contribution in [3.8, 4) is 0 Å². The van der Waals surface area contributed by atoms with Gasteiger partial charge in [0.15, 0.2) is 0 Å². The molecule has 1 aromatic carbocycles. The standard InChI is InChI=1S/C21H28N2O3/c1-2-18(24)19(25)23-15-12-21(16-23)11-7-14-22(20(21)26)13-6-10-17-8-4-3-5-9-17/h3-5,8-9H,2,6-7,10-16H2,1H3/t21-/m0/s1. The van der Waals surface area contributed by atoms with Crippen LogP contribution >= 0.6 is 0 Å². The number of carbonyl (C=O) groups is 3. The van der Waals surface area contributed by atoms with Gasteiger partial charge < -0.3 is 9.80 Å². The summed E-state index contributed by atoms with van der Waals surface area (Å²) in [7, 11) is 0. The van der Waals surface area contributed by atoms with Gasteiger partial charge in [0, 0.05) is 32.6 Å². The van der Waals surface area contributed by atoms with E-state index in [2.05, 4.69) is 12.1 Å². The van der Waals surface area contributed by atoms with Crippen LogP contribution in [0.3, 0.4) is 0 Å². The van der Waals surface area contributed by atoms with Crippen LogP contribution in [0, 0.1) is 5.41 Å². The van der Waals surface area contributed by atoms with Gasteiger partial charge in [0.2, 0.25) is 11.7 Å². The molecule has 2 fully saturated rings. The largest absolute Gasteiger partial charge is 0.342 e. The summed E-state index contributed by atoms with van der Waals surface area (Å²) >= 11 is 0. The third-order valence-corrected chi connectivity index (χ3v) is 5.76. The minimum atomic E-state index is -0.464. The van der Waals surface area contributed by atoms with E-state index in [1.807, 2.05) is 23.1 Å². The maximum absolute atomic E-state index is 13.1. The molecule has 1 aromatic rings. The van der Waals surface area contributed by atoms with E-state index in [1.54, 1.807) is 11.8 Å². The second kappa shape index (κ2) is 8.02. The maximum Gasteiger partial charge on any atom is 0.289 e. The van der Waals surface area contributed by atoms with Crippen LogP contribution in [0.15, 0.2) is 30.3 Å². The minimum absolute atomic E-state index is 0.177. The molecule has 2 saturated heterocycles. The van der Waals surface area contributed by atoms with Crippen molar-refractivity contribution in [2.45, 2.75) is 45.4 Å². The number of aryl methyl sites for hydroxylation is 1. The van der Waals surface area contributed by atoms with Gasteiger partial charge in [-0.1, -0.05) is 37.3 Å². The third-order valence-electron chi connectivity index (χ3n) is 5.76. The molecule has 140 valence electrons. The molecule has 3 rings (SSSR count). The van der Waals surface area contributed by atoms with Crippen LogP contribution in [0.5, 0.6) is 0 Å². The normalized spacial score (nSPS) is 22.9. The van der Waals surface area contributed by atoms with Crippen molar-refractivity contribution in [1.82, 2.24) is 9.80 Å². The molecule has 26 heavy (non-hydrogen) atoms. The number of hydrogen-bond donors (Lipinski definition) is 0. The van der Waals surface area contributed by atoms with E-state index in [9.17, 15) is 14.4 Å². The summed E-state index contributed by atoms with van der Waals surface area (Å²) in [6.07, 6.45) is 4.62. The summed E-state index contributed by atoms with van der Waals surface area (Å²) in [5.74, 6) is -0.598. The lowest BCUT2D eigenvalue weighted by molar-refractivity contribution is -0.148. The predicted molar refractivity (Wildman–Crippen MR) is 99.5 cm³/mol. The highest BCUT2D eigenvalue weighted by Crippen LogP contribution is 2.40. The Morgan fingerprint density at radius 3 is 2.62 bits per heavy atom. The number of hydrogen-bond acceptors (Lipinski definition) is 3. The molecular weight excluding hydrogens is 328 g/mol. The van der Waals surface area contributed by atoms with Gasteiger partial charge in [0.1, 0.15) is 0 Å². The lowest BCUT2D eigenvalue weighted by Crippen LogP contribution is -2.51. The van der Waals surface area contributed by atoms with Crippen LogP contribution in [0.2, 0.25) is 0 Å². The average molecular weight is 356 g/mol. The summed E-state index contributed by atoms with van der Waals surface area (Å²) < 4.78 is 0. The van der Waals surface area contributed by atoms with Crippen molar-refractivity contribution < 1.29 is 14.4 Å². The monoisotopic (exact) mass is 356 g/mol. The molecule has 0 saturated carbocycles. The molecule has 0 aliphatic carbocycles. The smallest absolute Gasteiger partial charge is 0.289 e. The van der Waals surface area contributed by atoms with E-state index >= 15 is 0 Å². The van der Waals surface area contributed by atoms with Gasteiger partial charge in [-0.2, -0.15) is 0 Å².